The highest BCUT2D eigenvalue weighted by Crippen LogP contribution is 2.07. The van der Waals surface area contributed by atoms with Gasteiger partial charge >= 0.3 is 0 Å². The topological polar surface area (TPSA) is 24.1 Å². The van der Waals surface area contributed by atoms with Crippen LogP contribution in [0.25, 0.3) is 0 Å². The Hall–Kier alpha value is -0.940. The Morgan fingerprint density at radius 2 is 1.00 bits per heavy atom. The molecule has 20 heavy (non-hydrogen) atoms. The van der Waals surface area contributed by atoms with Gasteiger partial charge in [0.15, 0.2) is 0 Å². The van der Waals surface area contributed by atoms with Gasteiger partial charge in [0, 0.05) is 13.1 Å². The van der Waals surface area contributed by atoms with Gasteiger partial charge in [-0.25, -0.2) is 0 Å². The van der Waals surface area contributed by atoms with Gasteiger partial charge in [-0.3, -0.25) is 10.6 Å². The average molecular weight is 304 g/mol. The van der Waals surface area contributed by atoms with Crippen LogP contribution in [0.2, 0.25) is 0 Å². The maximum atomic E-state index is 4.55. The standard InChI is InChI=1S/C16H20N2S2/c19-15(17-11-13-7-3-1-4-8-13)16(20)18-12-14-9-5-2-6-10-14/h1-10,15-20H,11-12H2. The monoisotopic (exact) mass is 304 g/mol. The van der Waals surface area contributed by atoms with E-state index in [0.717, 1.165) is 13.1 Å². The summed E-state index contributed by atoms with van der Waals surface area (Å²) in [5, 5.41) is 6.70. The van der Waals surface area contributed by atoms with E-state index in [9.17, 15) is 0 Å². The Labute approximate surface area is 131 Å². The first kappa shape index (κ1) is 15.4. The summed E-state index contributed by atoms with van der Waals surface area (Å²) in [5.41, 5.74) is 2.49. The van der Waals surface area contributed by atoms with Crippen molar-refractivity contribution in [3.63, 3.8) is 0 Å². The maximum Gasteiger partial charge on any atom is 0.0753 e. The second-order valence-electron chi connectivity index (χ2n) is 4.62. The number of thiol groups is 2. The van der Waals surface area contributed by atoms with Gasteiger partial charge in [0.05, 0.1) is 10.7 Å². The van der Waals surface area contributed by atoms with Gasteiger partial charge in [0.1, 0.15) is 0 Å². The molecule has 0 radical (unpaired) electrons. The van der Waals surface area contributed by atoms with Gasteiger partial charge in [-0.15, -0.1) is 0 Å². The van der Waals surface area contributed by atoms with Crippen LogP contribution in [-0.2, 0) is 13.1 Å². The Morgan fingerprint density at radius 3 is 1.35 bits per heavy atom. The Bertz CT molecular complexity index is 443. The molecule has 0 heterocycles. The molecule has 0 aliphatic heterocycles. The summed E-state index contributed by atoms with van der Waals surface area (Å²) in [5.74, 6) is 0. The van der Waals surface area contributed by atoms with E-state index in [0.29, 0.717) is 0 Å². The lowest BCUT2D eigenvalue weighted by atomic mass is 10.2. The summed E-state index contributed by atoms with van der Waals surface area (Å²) in [6, 6.07) is 20.6. The highest BCUT2D eigenvalue weighted by molar-refractivity contribution is 7.85. The third kappa shape index (κ3) is 5.21. The van der Waals surface area contributed by atoms with Gasteiger partial charge in [-0.1, -0.05) is 60.7 Å². The van der Waals surface area contributed by atoms with Gasteiger partial charge in [-0.05, 0) is 11.1 Å². The smallest absolute Gasteiger partial charge is 0.0753 e. The van der Waals surface area contributed by atoms with Crippen molar-refractivity contribution in [2.24, 2.45) is 0 Å². The second-order valence-corrected chi connectivity index (χ2v) is 5.74. The summed E-state index contributed by atoms with van der Waals surface area (Å²) in [7, 11) is 0. The van der Waals surface area contributed by atoms with Crippen LogP contribution >= 0.6 is 25.3 Å². The molecule has 0 spiro atoms. The van der Waals surface area contributed by atoms with Gasteiger partial charge in [-0.2, -0.15) is 25.3 Å². The first-order valence-electron chi connectivity index (χ1n) is 6.66. The third-order valence-electron chi connectivity index (χ3n) is 3.02. The van der Waals surface area contributed by atoms with E-state index in [-0.39, 0.29) is 10.7 Å². The fourth-order valence-corrected chi connectivity index (χ4v) is 2.25. The van der Waals surface area contributed by atoms with E-state index < -0.39 is 0 Å². The Balaban J connectivity index is 1.73. The highest BCUT2D eigenvalue weighted by Gasteiger charge is 2.12. The molecule has 106 valence electrons. The largest absolute Gasteiger partial charge is 0.299 e. The van der Waals surface area contributed by atoms with Crippen LogP contribution in [0, 0.1) is 0 Å². The molecule has 0 fully saturated rings. The molecular weight excluding hydrogens is 284 g/mol. The molecule has 2 aromatic rings. The second kappa shape index (κ2) is 8.37. The zero-order chi connectivity index (χ0) is 14.2. The zero-order valence-corrected chi connectivity index (χ0v) is 13.0. The van der Waals surface area contributed by atoms with Crippen LogP contribution in [0.15, 0.2) is 60.7 Å². The molecule has 0 saturated heterocycles. The van der Waals surface area contributed by atoms with E-state index >= 15 is 0 Å². The number of nitrogens with one attached hydrogen (secondary N) is 2. The van der Waals surface area contributed by atoms with E-state index in [2.05, 4.69) is 60.2 Å². The van der Waals surface area contributed by atoms with Crippen LogP contribution in [0.5, 0.6) is 0 Å². The van der Waals surface area contributed by atoms with Crippen molar-refractivity contribution in [3.8, 4) is 0 Å². The molecule has 0 bridgehead atoms. The summed E-state index contributed by atoms with van der Waals surface area (Å²) in [6.07, 6.45) is 0. The summed E-state index contributed by atoms with van der Waals surface area (Å²) in [6.45, 7) is 1.58. The first-order chi connectivity index (χ1) is 9.75. The molecule has 0 aromatic heterocycles. The van der Waals surface area contributed by atoms with Crippen LogP contribution < -0.4 is 10.6 Å². The molecule has 0 aliphatic rings. The minimum Gasteiger partial charge on any atom is -0.299 e. The molecule has 2 atom stereocenters. The molecule has 2 nitrogen and oxygen atoms in total. The molecule has 0 amide bonds. The van der Waals surface area contributed by atoms with Crippen molar-refractivity contribution < 1.29 is 0 Å². The quantitative estimate of drug-likeness (QED) is 0.467. The lowest BCUT2D eigenvalue weighted by Gasteiger charge is -2.21. The molecule has 2 rings (SSSR count). The van der Waals surface area contributed by atoms with E-state index in [1.807, 2.05) is 36.4 Å². The third-order valence-corrected chi connectivity index (χ3v) is 4.21. The van der Waals surface area contributed by atoms with E-state index in [4.69, 9.17) is 0 Å². The van der Waals surface area contributed by atoms with Gasteiger partial charge in [0.25, 0.3) is 0 Å². The molecule has 2 N–H and O–H groups in total. The Morgan fingerprint density at radius 1 is 0.650 bits per heavy atom. The van der Waals surface area contributed by atoms with Crippen LogP contribution in [0.4, 0.5) is 0 Å². The van der Waals surface area contributed by atoms with Crippen molar-refractivity contribution in [1.82, 2.24) is 10.6 Å². The van der Waals surface area contributed by atoms with Crippen molar-refractivity contribution in [2.75, 3.05) is 0 Å². The molecule has 4 heteroatoms. The summed E-state index contributed by atoms with van der Waals surface area (Å²) in [4.78, 5) is 0. The molecule has 0 saturated carbocycles. The molecular formula is C16H20N2S2. The summed E-state index contributed by atoms with van der Waals surface area (Å²) >= 11 is 9.10. The van der Waals surface area contributed by atoms with Crippen LogP contribution in [0.3, 0.4) is 0 Å². The van der Waals surface area contributed by atoms with Gasteiger partial charge in [0.2, 0.25) is 0 Å². The number of hydrogen-bond acceptors (Lipinski definition) is 4. The SMILES string of the molecule is SC(NCc1ccccc1)C(S)NCc1ccccc1. The number of benzene rings is 2. The molecule has 2 unspecified atom stereocenters. The number of rotatable bonds is 7. The maximum absolute atomic E-state index is 4.55. The average Bonchev–Trinajstić information content (AvgIpc) is 2.52. The predicted octanol–water partition coefficient (Wildman–Crippen LogP) is 3.08. The van der Waals surface area contributed by atoms with E-state index in [1.165, 1.54) is 11.1 Å². The van der Waals surface area contributed by atoms with Crippen LogP contribution in [0.1, 0.15) is 11.1 Å². The molecule has 0 aliphatic carbocycles. The lowest BCUT2D eigenvalue weighted by molar-refractivity contribution is 0.553. The normalized spacial score (nSPS) is 13.9. The van der Waals surface area contributed by atoms with Crippen molar-refractivity contribution in [1.29, 1.82) is 0 Å². The van der Waals surface area contributed by atoms with Crippen molar-refractivity contribution >= 4 is 25.3 Å². The van der Waals surface area contributed by atoms with Crippen LogP contribution in [-0.4, -0.2) is 10.7 Å². The zero-order valence-electron chi connectivity index (χ0n) is 11.2. The minimum absolute atomic E-state index is 0.0118. The number of hydrogen-bond donors (Lipinski definition) is 4. The summed E-state index contributed by atoms with van der Waals surface area (Å²) < 4.78 is 0. The fraction of sp³-hybridized carbons (Fsp3) is 0.250. The minimum atomic E-state index is -0.0118. The first-order valence-corrected chi connectivity index (χ1v) is 7.70. The lowest BCUT2D eigenvalue weighted by Crippen LogP contribution is -2.40. The van der Waals surface area contributed by atoms with Crippen molar-refractivity contribution in [2.45, 2.75) is 23.8 Å². The predicted molar refractivity (Wildman–Crippen MR) is 92.1 cm³/mol. The van der Waals surface area contributed by atoms with E-state index in [1.54, 1.807) is 0 Å². The Kier molecular flexibility index (Phi) is 6.47. The van der Waals surface area contributed by atoms with Gasteiger partial charge < -0.3 is 0 Å². The molecule has 2 aromatic carbocycles. The fourth-order valence-electron chi connectivity index (χ4n) is 1.86. The van der Waals surface area contributed by atoms with Crippen molar-refractivity contribution in [3.05, 3.63) is 71.8 Å². The highest BCUT2D eigenvalue weighted by atomic mass is 32.1.